The Morgan fingerprint density at radius 2 is 2.06 bits per heavy atom. The number of furan rings is 1. The third-order valence-corrected chi connectivity index (χ3v) is 3.87. The number of thiophene rings is 1. The second kappa shape index (κ2) is 4.71. The predicted octanol–water partition coefficient (Wildman–Crippen LogP) is 3.62. The van der Waals surface area contributed by atoms with Crippen LogP contribution in [0.2, 0.25) is 0 Å². The zero-order valence-corrected chi connectivity index (χ0v) is 11.4. The summed E-state index contributed by atoms with van der Waals surface area (Å²) < 4.78 is 5.56. The molecule has 0 bridgehead atoms. The summed E-state index contributed by atoms with van der Waals surface area (Å²) in [7, 11) is 0. The van der Waals surface area contributed by atoms with Crippen molar-refractivity contribution in [1.82, 2.24) is 0 Å². The summed E-state index contributed by atoms with van der Waals surface area (Å²) in [4.78, 5) is 0.882. The first kappa shape index (κ1) is 12.5. The van der Waals surface area contributed by atoms with Crippen molar-refractivity contribution in [3.8, 4) is 6.07 Å². The highest BCUT2D eigenvalue weighted by atomic mass is 32.1. The number of nitriles is 1. The van der Waals surface area contributed by atoms with Crippen molar-refractivity contribution in [3.63, 3.8) is 0 Å². The van der Waals surface area contributed by atoms with E-state index in [4.69, 9.17) is 10.2 Å². The van der Waals surface area contributed by atoms with Gasteiger partial charge in [0.2, 0.25) is 0 Å². The summed E-state index contributed by atoms with van der Waals surface area (Å²) in [5, 5.41) is 11.2. The molecule has 2 aromatic heterocycles. The van der Waals surface area contributed by atoms with Crippen LogP contribution in [0.25, 0.3) is 11.3 Å². The van der Waals surface area contributed by atoms with E-state index in [0.717, 1.165) is 27.5 Å². The summed E-state index contributed by atoms with van der Waals surface area (Å²) in [6.07, 6.45) is 0. The molecule has 0 unspecified atom stereocenters. The smallest absolute Gasteiger partial charge is 0.110 e. The summed E-state index contributed by atoms with van der Waals surface area (Å²) in [6.45, 7) is 5.72. The standard InChI is InChI=1S/C14H14N2OS/c1-8-9(2)17-10(3)13(8)14(16)11(7-15)12-5-4-6-18-12/h4-6H,16H2,1-3H3/b14-11+. The van der Waals surface area contributed by atoms with E-state index >= 15 is 0 Å². The van der Waals surface area contributed by atoms with Crippen LogP contribution < -0.4 is 5.73 Å². The lowest BCUT2D eigenvalue weighted by Crippen LogP contribution is -2.02. The van der Waals surface area contributed by atoms with E-state index in [0.29, 0.717) is 11.3 Å². The maximum atomic E-state index is 9.31. The van der Waals surface area contributed by atoms with E-state index in [1.165, 1.54) is 11.3 Å². The van der Waals surface area contributed by atoms with Gasteiger partial charge in [-0.1, -0.05) is 6.07 Å². The van der Waals surface area contributed by atoms with Crippen molar-refractivity contribution < 1.29 is 4.42 Å². The minimum Gasteiger partial charge on any atom is -0.466 e. The molecule has 3 nitrogen and oxygen atoms in total. The number of nitrogens with zero attached hydrogens (tertiary/aromatic N) is 1. The van der Waals surface area contributed by atoms with Gasteiger partial charge in [0.1, 0.15) is 17.6 Å². The van der Waals surface area contributed by atoms with E-state index in [2.05, 4.69) is 6.07 Å². The van der Waals surface area contributed by atoms with Crippen LogP contribution in [-0.4, -0.2) is 0 Å². The van der Waals surface area contributed by atoms with Crippen LogP contribution in [0.1, 0.15) is 27.5 Å². The fourth-order valence-corrected chi connectivity index (χ4v) is 2.72. The second-order valence-corrected chi connectivity index (χ2v) is 5.04. The highest BCUT2D eigenvalue weighted by Gasteiger charge is 2.17. The van der Waals surface area contributed by atoms with Crippen LogP contribution in [0.5, 0.6) is 0 Å². The molecule has 0 atom stereocenters. The molecule has 4 heteroatoms. The minimum absolute atomic E-state index is 0.492. The van der Waals surface area contributed by atoms with Gasteiger partial charge in [0.15, 0.2) is 0 Å². The lowest BCUT2D eigenvalue weighted by Gasteiger charge is -2.04. The third-order valence-electron chi connectivity index (χ3n) is 2.98. The van der Waals surface area contributed by atoms with Crippen molar-refractivity contribution in [2.75, 3.05) is 0 Å². The zero-order valence-electron chi connectivity index (χ0n) is 10.6. The van der Waals surface area contributed by atoms with E-state index in [1.54, 1.807) is 0 Å². The molecule has 0 amide bonds. The topological polar surface area (TPSA) is 62.9 Å². The number of aryl methyl sites for hydroxylation is 2. The highest BCUT2D eigenvalue weighted by molar-refractivity contribution is 7.11. The number of rotatable bonds is 2. The number of hydrogen-bond donors (Lipinski definition) is 1. The molecule has 0 spiro atoms. The van der Waals surface area contributed by atoms with Gasteiger partial charge in [0.05, 0.1) is 11.3 Å². The van der Waals surface area contributed by atoms with Crippen LogP contribution in [-0.2, 0) is 0 Å². The molecule has 0 saturated heterocycles. The van der Waals surface area contributed by atoms with Gasteiger partial charge < -0.3 is 10.2 Å². The Kier molecular flexibility index (Phi) is 3.26. The molecule has 0 aliphatic carbocycles. The Morgan fingerprint density at radius 3 is 2.50 bits per heavy atom. The zero-order chi connectivity index (χ0) is 13.3. The number of allylic oxidation sites excluding steroid dienone is 1. The van der Waals surface area contributed by atoms with Gasteiger partial charge in [-0.15, -0.1) is 11.3 Å². The van der Waals surface area contributed by atoms with Crippen molar-refractivity contribution in [1.29, 1.82) is 5.26 Å². The van der Waals surface area contributed by atoms with E-state index in [9.17, 15) is 5.26 Å². The summed E-state index contributed by atoms with van der Waals surface area (Å²) in [5.41, 5.74) is 9.00. The van der Waals surface area contributed by atoms with Crippen LogP contribution in [0.4, 0.5) is 0 Å². The fourth-order valence-electron chi connectivity index (χ4n) is 1.98. The lowest BCUT2D eigenvalue weighted by molar-refractivity contribution is 0.502. The second-order valence-electron chi connectivity index (χ2n) is 4.09. The predicted molar refractivity (Wildman–Crippen MR) is 73.9 cm³/mol. The fraction of sp³-hybridized carbons (Fsp3) is 0.214. The Labute approximate surface area is 110 Å². The monoisotopic (exact) mass is 258 g/mol. The molecular formula is C14H14N2OS. The Hall–Kier alpha value is -1.99. The molecule has 2 N–H and O–H groups in total. The van der Waals surface area contributed by atoms with E-state index in [1.807, 2.05) is 38.3 Å². The molecule has 92 valence electrons. The van der Waals surface area contributed by atoms with Crippen molar-refractivity contribution in [2.45, 2.75) is 20.8 Å². The summed E-state index contributed by atoms with van der Waals surface area (Å²) in [6, 6.07) is 5.99. The maximum Gasteiger partial charge on any atom is 0.110 e. The van der Waals surface area contributed by atoms with E-state index < -0.39 is 0 Å². The van der Waals surface area contributed by atoms with Crippen molar-refractivity contribution in [2.24, 2.45) is 5.73 Å². The van der Waals surface area contributed by atoms with Crippen molar-refractivity contribution >= 4 is 22.6 Å². The van der Waals surface area contributed by atoms with Crippen molar-refractivity contribution in [3.05, 3.63) is 45.0 Å². The molecule has 18 heavy (non-hydrogen) atoms. The van der Waals surface area contributed by atoms with Gasteiger partial charge >= 0.3 is 0 Å². The molecule has 2 heterocycles. The normalized spacial score (nSPS) is 12.1. The number of nitrogens with two attached hydrogens (primary N) is 1. The average molecular weight is 258 g/mol. The van der Waals surface area contributed by atoms with Gasteiger partial charge in [-0.2, -0.15) is 5.26 Å². The quantitative estimate of drug-likeness (QED) is 0.837. The molecule has 0 aliphatic heterocycles. The molecule has 0 fully saturated rings. The Bertz CT molecular complexity index is 642. The SMILES string of the molecule is Cc1oc(C)c(/C(N)=C(/C#N)c2cccs2)c1C. The van der Waals surface area contributed by atoms with Gasteiger partial charge in [0, 0.05) is 10.4 Å². The largest absolute Gasteiger partial charge is 0.466 e. The van der Waals surface area contributed by atoms with Gasteiger partial charge in [-0.05, 0) is 37.8 Å². The third kappa shape index (κ3) is 1.93. The van der Waals surface area contributed by atoms with Crippen LogP contribution in [0.3, 0.4) is 0 Å². The Morgan fingerprint density at radius 1 is 1.33 bits per heavy atom. The molecule has 2 rings (SSSR count). The lowest BCUT2D eigenvalue weighted by atomic mass is 10.0. The van der Waals surface area contributed by atoms with Gasteiger partial charge in [-0.25, -0.2) is 0 Å². The van der Waals surface area contributed by atoms with Crippen LogP contribution in [0.15, 0.2) is 21.9 Å². The minimum atomic E-state index is 0.492. The highest BCUT2D eigenvalue weighted by Crippen LogP contribution is 2.31. The Balaban J connectivity index is 2.66. The molecular weight excluding hydrogens is 244 g/mol. The van der Waals surface area contributed by atoms with Gasteiger partial charge in [-0.3, -0.25) is 0 Å². The molecule has 0 radical (unpaired) electrons. The van der Waals surface area contributed by atoms with Crippen LogP contribution in [0, 0.1) is 32.1 Å². The molecule has 0 aliphatic rings. The average Bonchev–Trinajstić information content (AvgIpc) is 2.90. The first-order valence-corrected chi connectivity index (χ1v) is 6.45. The first-order chi connectivity index (χ1) is 8.56. The van der Waals surface area contributed by atoms with E-state index in [-0.39, 0.29) is 0 Å². The molecule has 2 aromatic rings. The first-order valence-electron chi connectivity index (χ1n) is 5.57. The van der Waals surface area contributed by atoms with Crippen LogP contribution >= 0.6 is 11.3 Å². The molecule has 0 aromatic carbocycles. The maximum absolute atomic E-state index is 9.31. The summed E-state index contributed by atoms with van der Waals surface area (Å²) in [5.74, 6) is 1.60. The summed E-state index contributed by atoms with van der Waals surface area (Å²) >= 11 is 1.51. The van der Waals surface area contributed by atoms with Gasteiger partial charge in [0.25, 0.3) is 0 Å². The molecule has 0 saturated carbocycles. The number of hydrogen-bond acceptors (Lipinski definition) is 4.